The molecule has 0 saturated carbocycles. The second-order valence-electron chi connectivity index (χ2n) is 7.37. The monoisotopic (exact) mass is 392 g/mol. The van der Waals surface area contributed by atoms with Crippen LogP contribution in [0.3, 0.4) is 0 Å². The van der Waals surface area contributed by atoms with Gasteiger partial charge >= 0.3 is 0 Å². The first-order valence-corrected chi connectivity index (χ1v) is 10.1. The van der Waals surface area contributed by atoms with E-state index in [0.717, 1.165) is 42.3 Å². The second kappa shape index (κ2) is 8.26. The summed E-state index contributed by atoms with van der Waals surface area (Å²) in [5, 5.41) is 11.2. The highest BCUT2D eigenvalue weighted by atomic mass is 35.5. The Morgan fingerprint density at radius 3 is 2.11 bits per heavy atom. The van der Waals surface area contributed by atoms with E-state index in [9.17, 15) is 5.11 Å². The van der Waals surface area contributed by atoms with E-state index in [2.05, 4.69) is 53.1 Å². The van der Waals surface area contributed by atoms with Crippen LogP contribution in [0, 0.1) is 6.92 Å². The Labute approximate surface area is 171 Å². The number of phenolic OH excluding ortho intramolecular Hbond substituents is 1. The summed E-state index contributed by atoms with van der Waals surface area (Å²) in [6.07, 6.45) is 0. The summed E-state index contributed by atoms with van der Waals surface area (Å²) in [5.41, 5.74) is 4.64. The van der Waals surface area contributed by atoms with Crippen molar-refractivity contribution >= 4 is 17.3 Å². The normalized spacial score (nSPS) is 16.1. The van der Waals surface area contributed by atoms with Gasteiger partial charge in [0.2, 0.25) is 0 Å². The number of piperazine rings is 1. The summed E-state index contributed by atoms with van der Waals surface area (Å²) >= 11 is 6.11. The maximum absolute atomic E-state index is 10.5. The Bertz CT molecular complexity index is 916. The number of nitrogens with zero attached hydrogens (tertiary/aromatic N) is 2. The third-order valence-electron chi connectivity index (χ3n) is 5.50. The SMILES string of the molecule is Cc1ccc(N2CCN(C(c3ccc(Cl)cc3)c3ccccc3O)CC2)cc1. The predicted octanol–water partition coefficient (Wildman–Crippen LogP) is 5.27. The number of hydrogen-bond donors (Lipinski definition) is 1. The van der Waals surface area contributed by atoms with Crippen LogP contribution >= 0.6 is 11.6 Å². The fraction of sp³-hybridized carbons (Fsp3) is 0.250. The molecule has 1 aliphatic rings. The third-order valence-corrected chi connectivity index (χ3v) is 5.75. The Hall–Kier alpha value is -2.49. The molecule has 1 atom stereocenters. The maximum atomic E-state index is 10.5. The van der Waals surface area contributed by atoms with Gasteiger partial charge in [-0.25, -0.2) is 0 Å². The molecule has 0 aromatic heterocycles. The molecule has 3 aromatic rings. The first kappa shape index (κ1) is 18.9. The number of benzene rings is 3. The second-order valence-corrected chi connectivity index (χ2v) is 7.81. The topological polar surface area (TPSA) is 26.7 Å². The van der Waals surface area contributed by atoms with Crippen molar-refractivity contribution in [2.45, 2.75) is 13.0 Å². The van der Waals surface area contributed by atoms with E-state index < -0.39 is 0 Å². The average Bonchev–Trinajstić information content (AvgIpc) is 2.72. The van der Waals surface area contributed by atoms with Crippen molar-refractivity contribution in [2.75, 3.05) is 31.1 Å². The van der Waals surface area contributed by atoms with E-state index >= 15 is 0 Å². The minimum atomic E-state index is 0.0126. The lowest BCUT2D eigenvalue weighted by Gasteiger charge is -2.40. The number of halogens is 1. The lowest BCUT2D eigenvalue weighted by Crippen LogP contribution is -2.48. The van der Waals surface area contributed by atoms with Crippen molar-refractivity contribution < 1.29 is 5.11 Å². The standard InChI is InChI=1S/C24H25ClN2O/c1-18-6-12-21(13-7-18)26-14-16-27(17-15-26)24(19-8-10-20(25)11-9-19)22-4-2-3-5-23(22)28/h2-13,24,28H,14-17H2,1H3. The molecule has 3 nitrogen and oxygen atoms in total. The molecule has 1 aliphatic heterocycles. The van der Waals surface area contributed by atoms with Crippen molar-refractivity contribution in [1.29, 1.82) is 0 Å². The summed E-state index contributed by atoms with van der Waals surface area (Å²) < 4.78 is 0. The third kappa shape index (κ3) is 4.01. The number of anilines is 1. The first-order valence-electron chi connectivity index (χ1n) is 9.71. The zero-order chi connectivity index (χ0) is 19.5. The summed E-state index contributed by atoms with van der Waals surface area (Å²) in [4.78, 5) is 4.88. The maximum Gasteiger partial charge on any atom is 0.120 e. The van der Waals surface area contributed by atoms with Gasteiger partial charge in [0.15, 0.2) is 0 Å². The molecule has 0 bridgehead atoms. The molecule has 4 rings (SSSR count). The molecule has 144 valence electrons. The molecule has 0 radical (unpaired) electrons. The van der Waals surface area contributed by atoms with Crippen molar-refractivity contribution in [3.8, 4) is 5.75 Å². The van der Waals surface area contributed by atoms with Crippen molar-refractivity contribution in [1.82, 2.24) is 4.90 Å². The van der Waals surface area contributed by atoms with Crippen LogP contribution in [0.15, 0.2) is 72.8 Å². The highest BCUT2D eigenvalue weighted by molar-refractivity contribution is 6.30. The molecule has 0 aliphatic carbocycles. The molecule has 0 amide bonds. The highest BCUT2D eigenvalue weighted by Gasteiger charge is 2.28. The molecular weight excluding hydrogens is 368 g/mol. The van der Waals surface area contributed by atoms with Gasteiger partial charge in [0, 0.05) is 42.5 Å². The number of rotatable bonds is 4. The quantitative estimate of drug-likeness (QED) is 0.655. The number of phenols is 1. The fourth-order valence-corrected chi connectivity index (χ4v) is 4.07. The fourth-order valence-electron chi connectivity index (χ4n) is 3.94. The van der Waals surface area contributed by atoms with Crippen LogP contribution in [0.25, 0.3) is 0 Å². The molecule has 28 heavy (non-hydrogen) atoms. The van der Waals surface area contributed by atoms with Gasteiger partial charge in [-0.2, -0.15) is 0 Å². The van der Waals surface area contributed by atoms with Gasteiger partial charge < -0.3 is 10.0 Å². The summed E-state index contributed by atoms with van der Waals surface area (Å²) in [5.74, 6) is 0.336. The Morgan fingerprint density at radius 1 is 0.821 bits per heavy atom. The van der Waals surface area contributed by atoms with E-state index in [1.54, 1.807) is 6.07 Å². The molecule has 1 N–H and O–H groups in total. The van der Waals surface area contributed by atoms with E-state index in [0.29, 0.717) is 5.75 Å². The number of aromatic hydroxyl groups is 1. The van der Waals surface area contributed by atoms with Gasteiger partial charge in [-0.05, 0) is 42.8 Å². The molecule has 1 fully saturated rings. The molecular formula is C24H25ClN2O. The molecule has 1 saturated heterocycles. The van der Waals surface area contributed by atoms with Crippen molar-refractivity contribution in [3.05, 3.63) is 94.5 Å². The van der Waals surface area contributed by atoms with Crippen molar-refractivity contribution in [3.63, 3.8) is 0 Å². The smallest absolute Gasteiger partial charge is 0.120 e. The van der Waals surface area contributed by atoms with Crippen LogP contribution < -0.4 is 4.90 Å². The van der Waals surface area contributed by atoms with Crippen LogP contribution in [0.5, 0.6) is 5.75 Å². The van der Waals surface area contributed by atoms with Gasteiger partial charge in [-0.15, -0.1) is 0 Å². The van der Waals surface area contributed by atoms with E-state index in [-0.39, 0.29) is 6.04 Å². The molecule has 1 heterocycles. The highest BCUT2D eigenvalue weighted by Crippen LogP contribution is 2.35. The Morgan fingerprint density at radius 2 is 1.46 bits per heavy atom. The van der Waals surface area contributed by atoms with Gasteiger partial charge in [0.05, 0.1) is 6.04 Å². The lowest BCUT2D eigenvalue weighted by atomic mass is 9.95. The molecule has 4 heteroatoms. The largest absolute Gasteiger partial charge is 0.508 e. The minimum Gasteiger partial charge on any atom is -0.508 e. The van der Waals surface area contributed by atoms with Crippen LogP contribution in [-0.4, -0.2) is 36.2 Å². The summed E-state index contributed by atoms with van der Waals surface area (Å²) in [6, 6.07) is 24.3. The Balaban J connectivity index is 1.58. The van der Waals surface area contributed by atoms with Crippen LogP contribution in [0.1, 0.15) is 22.7 Å². The van der Waals surface area contributed by atoms with Crippen LogP contribution in [-0.2, 0) is 0 Å². The zero-order valence-corrected chi connectivity index (χ0v) is 16.8. The van der Waals surface area contributed by atoms with Crippen LogP contribution in [0.2, 0.25) is 5.02 Å². The van der Waals surface area contributed by atoms with Gasteiger partial charge in [0.1, 0.15) is 5.75 Å². The zero-order valence-electron chi connectivity index (χ0n) is 16.1. The van der Waals surface area contributed by atoms with E-state index in [1.165, 1.54) is 11.3 Å². The van der Waals surface area contributed by atoms with Gasteiger partial charge in [-0.3, -0.25) is 4.90 Å². The van der Waals surface area contributed by atoms with Crippen molar-refractivity contribution in [2.24, 2.45) is 0 Å². The van der Waals surface area contributed by atoms with Gasteiger partial charge in [-0.1, -0.05) is 59.6 Å². The molecule has 1 unspecified atom stereocenters. The summed E-state index contributed by atoms with van der Waals surface area (Å²) in [6.45, 7) is 5.89. The molecule has 0 spiro atoms. The summed E-state index contributed by atoms with van der Waals surface area (Å²) in [7, 11) is 0. The van der Waals surface area contributed by atoms with Crippen LogP contribution in [0.4, 0.5) is 5.69 Å². The Kier molecular flexibility index (Phi) is 5.56. The minimum absolute atomic E-state index is 0.0126. The predicted molar refractivity (Wildman–Crippen MR) is 116 cm³/mol. The lowest BCUT2D eigenvalue weighted by molar-refractivity contribution is 0.209. The number of aryl methyl sites for hydroxylation is 1. The van der Waals surface area contributed by atoms with E-state index in [1.807, 2.05) is 30.3 Å². The number of hydrogen-bond acceptors (Lipinski definition) is 3. The average molecular weight is 393 g/mol. The van der Waals surface area contributed by atoms with Gasteiger partial charge in [0.25, 0.3) is 0 Å². The number of para-hydroxylation sites is 1. The molecule has 3 aromatic carbocycles. The first-order chi connectivity index (χ1) is 13.6. The van der Waals surface area contributed by atoms with E-state index in [4.69, 9.17) is 11.6 Å².